The highest BCUT2D eigenvalue weighted by Gasteiger charge is 2.18. The minimum atomic E-state index is -0.909. The summed E-state index contributed by atoms with van der Waals surface area (Å²) < 4.78 is 15.7. The lowest BCUT2D eigenvalue weighted by molar-refractivity contribution is -0.124. The Morgan fingerprint density at radius 3 is 2.25 bits per heavy atom. The molecule has 0 saturated carbocycles. The number of carbonyl (C=O) groups is 2. The van der Waals surface area contributed by atoms with Crippen molar-refractivity contribution in [2.24, 2.45) is 0 Å². The molecule has 150 valence electrons. The lowest BCUT2D eigenvalue weighted by Crippen LogP contribution is -2.32. The van der Waals surface area contributed by atoms with Gasteiger partial charge in [-0.25, -0.2) is 4.79 Å². The van der Waals surface area contributed by atoms with Gasteiger partial charge in [-0.15, -0.1) is 0 Å². The van der Waals surface area contributed by atoms with Crippen LogP contribution in [0.5, 0.6) is 23.0 Å². The summed E-state index contributed by atoms with van der Waals surface area (Å²) in [5, 5.41) is 22.0. The summed E-state index contributed by atoms with van der Waals surface area (Å²) in [6, 6.07) is 9.87. The number of phenolic OH excluding ortho intramolecular Hbond substituents is 2. The third-order valence-corrected chi connectivity index (χ3v) is 3.73. The molecule has 28 heavy (non-hydrogen) atoms. The quantitative estimate of drug-likeness (QED) is 0.342. The highest BCUT2D eigenvalue weighted by atomic mass is 16.5. The van der Waals surface area contributed by atoms with Crippen molar-refractivity contribution in [3.8, 4) is 23.0 Å². The number of hydrogen-bond acceptors (Lipinski definition) is 7. The van der Waals surface area contributed by atoms with Gasteiger partial charge in [0, 0.05) is 0 Å². The Hall–Kier alpha value is -3.42. The molecular formula is C20H23NO7. The first-order valence-electron chi connectivity index (χ1n) is 8.73. The van der Waals surface area contributed by atoms with E-state index in [1.54, 1.807) is 31.2 Å². The number of esters is 1. The molecule has 0 aliphatic heterocycles. The van der Waals surface area contributed by atoms with Crippen LogP contribution >= 0.6 is 0 Å². The third kappa shape index (κ3) is 5.80. The molecule has 0 spiro atoms. The molecule has 0 aromatic heterocycles. The maximum absolute atomic E-state index is 11.9. The molecule has 1 amide bonds. The number of phenols is 2. The molecule has 0 bridgehead atoms. The first kappa shape index (κ1) is 20.9. The number of aromatic hydroxyl groups is 2. The second-order valence-electron chi connectivity index (χ2n) is 5.81. The summed E-state index contributed by atoms with van der Waals surface area (Å²) in [5.41, 5.74) is 0.203. The number of benzene rings is 2. The van der Waals surface area contributed by atoms with Gasteiger partial charge in [0.25, 0.3) is 5.91 Å². The fourth-order valence-corrected chi connectivity index (χ4v) is 2.26. The van der Waals surface area contributed by atoms with Gasteiger partial charge in [-0.2, -0.15) is 0 Å². The average Bonchev–Trinajstić information content (AvgIpc) is 2.69. The Morgan fingerprint density at radius 1 is 0.964 bits per heavy atom. The molecule has 0 aliphatic rings. The number of rotatable bonds is 9. The van der Waals surface area contributed by atoms with Crippen molar-refractivity contribution in [1.82, 2.24) is 5.32 Å². The van der Waals surface area contributed by atoms with Gasteiger partial charge in [-0.05, 0) is 49.7 Å². The molecular weight excluding hydrogens is 366 g/mol. The van der Waals surface area contributed by atoms with E-state index in [2.05, 4.69) is 5.32 Å². The van der Waals surface area contributed by atoms with Crippen molar-refractivity contribution < 1.29 is 34.0 Å². The van der Waals surface area contributed by atoms with Crippen LogP contribution in [0.2, 0.25) is 0 Å². The summed E-state index contributed by atoms with van der Waals surface area (Å²) in [7, 11) is 0. The maximum Gasteiger partial charge on any atom is 0.342 e. The van der Waals surface area contributed by atoms with Crippen LogP contribution in [-0.4, -0.2) is 48.5 Å². The fraction of sp³-hybridized carbons (Fsp3) is 0.300. The van der Waals surface area contributed by atoms with Gasteiger partial charge in [-0.3, -0.25) is 4.79 Å². The fourth-order valence-electron chi connectivity index (χ4n) is 2.26. The van der Waals surface area contributed by atoms with Crippen molar-refractivity contribution in [3.05, 3.63) is 47.5 Å². The molecule has 0 heterocycles. The molecule has 8 heteroatoms. The van der Waals surface area contributed by atoms with Crippen LogP contribution in [-0.2, 0) is 9.53 Å². The highest BCUT2D eigenvalue weighted by molar-refractivity contribution is 5.94. The number of amides is 1. The Balaban J connectivity index is 1.70. The van der Waals surface area contributed by atoms with Crippen molar-refractivity contribution >= 4 is 11.9 Å². The molecule has 0 unspecified atom stereocenters. The third-order valence-electron chi connectivity index (χ3n) is 3.73. The van der Waals surface area contributed by atoms with Crippen LogP contribution in [0.1, 0.15) is 22.8 Å². The van der Waals surface area contributed by atoms with Crippen molar-refractivity contribution in [2.75, 3.05) is 26.4 Å². The molecule has 2 aromatic carbocycles. The van der Waals surface area contributed by atoms with Gasteiger partial charge < -0.3 is 29.7 Å². The van der Waals surface area contributed by atoms with E-state index in [9.17, 15) is 19.8 Å². The molecule has 8 nitrogen and oxygen atoms in total. The molecule has 0 radical (unpaired) electrons. The maximum atomic E-state index is 11.9. The number of carbonyl (C=O) groups excluding carboxylic acids is 2. The molecule has 0 atom stereocenters. The van der Waals surface area contributed by atoms with Crippen molar-refractivity contribution in [3.63, 3.8) is 0 Å². The second kappa shape index (κ2) is 10.1. The smallest absolute Gasteiger partial charge is 0.342 e. The lowest BCUT2D eigenvalue weighted by atomic mass is 10.1. The van der Waals surface area contributed by atoms with E-state index in [4.69, 9.17) is 14.2 Å². The predicted molar refractivity (Wildman–Crippen MR) is 101 cm³/mol. The zero-order chi connectivity index (χ0) is 20.5. The van der Waals surface area contributed by atoms with Gasteiger partial charge in [0.2, 0.25) is 0 Å². The zero-order valence-electron chi connectivity index (χ0n) is 15.7. The monoisotopic (exact) mass is 389 g/mol. The first-order chi connectivity index (χ1) is 13.4. The SMILES string of the molecule is CCOc1ccc(OCCNC(=O)COC(=O)c2ccc(C)c(O)c2O)cc1. The number of ether oxygens (including phenoxy) is 3. The van der Waals surface area contributed by atoms with Gasteiger partial charge in [-0.1, -0.05) is 6.07 Å². The largest absolute Gasteiger partial charge is 0.504 e. The summed E-state index contributed by atoms with van der Waals surface area (Å²) in [6.07, 6.45) is 0. The minimum Gasteiger partial charge on any atom is -0.504 e. The van der Waals surface area contributed by atoms with E-state index in [0.717, 1.165) is 5.75 Å². The molecule has 0 fully saturated rings. The summed E-state index contributed by atoms with van der Waals surface area (Å²) in [6.45, 7) is 4.00. The Morgan fingerprint density at radius 2 is 1.61 bits per heavy atom. The van der Waals surface area contributed by atoms with Gasteiger partial charge in [0.05, 0.1) is 13.2 Å². The number of nitrogens with one attached hydrogen (secondary N) is 1. The van der Waals surface area contributed by atoms with Crippen LogP contribution < -0.4 is 14.8 Å². The Bertz CT molecular complexity index is 818. The predicted octanol–water partition coefficient (Wildman–Crippen LogP) is 2.16. The normalized spacial score (nSPS) is 10.2. The molecule has 0 saturated heterocycles. The van der Waals surface area contributed by atoms with E-state index in [1.165, 1.54) is 12.1 Å². The second-order valence-corrected chi connectivity index (χ2v) is 5.81. The van der Waals surface area contributed by atoms with E-state index in [-0.39, 0.29) is 18.7 Å². The topological polar surface area (TPSA) is 114 Å². The van der Waals surface area contributed by atoms with Crippen LogP contribution in [0.25, 0.3) is 0 Å². The Labute approximate surface area is 162 Å². The van der Waals surface area contributed by atoms with Gasteiger partial charge in [0.15, 0.2) is 18.1 Å². The van der Waals surface area contributed by atoms with E-state index in [0.29, 0.717) is 17.9 Å². The summed E-state index contributed by atoms with van der Waals surface area (Å²) >= 11 is 0. The molecule has 2 rings (SSSR count). The highest BCUT2D eigenvalue weighted by Crippen LogP contribution is 2.32. The van der Waals surface area contributed by atoms with Crippen LogP contribution in [0.15, 0.2) is 36.4 Å². The molecule has 0 aliphatic carbocycles. The number of aryl methyl sites for hydroxylation is 1. The van der Waals surface area contributed by atoms with Crippen molar-refractivity contribution in [1.29, 1.82) is 0 Å². The van der Waals surface area contributed by atoms with Crippen LogP contribution in [0.4, 0.5) is 0 Å². The summed E-state index contributed by atoms with van der Waals surface area (Å²) in [5.74, 6) is -1.01. The first-order valence-corrected chi connectivity index (χ1v) is 8.73. The van der Waals surface area contributed by atoms with E-state index >= 15 is 0 Å². The minimum absolute atomic E-state index is 0.213. The number of hydrogen-bond donors (Lipinski definition) is 3. The Kier molecular flexibility index (Phi) is 7.50. The standard InChI is InChI=1S/C20H23NO7/c1-3-26-14-5-7-15(8-6-14)27-11-10-21-17(22)12-28-20(25)16-9-4-13(2)18(23)19(16)24/h4-9,23-24H,3,10-12H2,1-2H3,(H,21,22). The van der Waals surface area contributed by atoms with Crippen LogP contribution in [0, 0.1) is 6.92 Å². The summed E-state index contributed by atoms with van der Waals surface area (Å²) in [4.78, 5) is 23.7. The van der Waals surface area contributed by atoms with E-state index in [1.807, 2.05) is 6.92 Å². The van der Waals surface area contributed by atoms with Gasteiger partial charge >= 0.3 is 5.97 Å². The lowest BCUT2D eigenvalue weighted by Gasteiger charge is -2.10. The average molecular weight is 389 g/mol. The zero-order valence-corrected chi connectivity index (χ0v) is 15.7. The van der Waals surface area contributed by atoms with Gasteiger partial charge in [0.1, 0.15) is 23.7 Å². The molecule has 3 N–H and O–H groups in total. The van der Waals surface area contributed by atoms with Crippen molar-refractivity contribution in [2.45, 2.75) is 13.8 Å². The van der Waals surface area contributed by atoms with E-state index < -0.39 is 30.0 Å². The molecule has 2 aromatic rings. The van der Waals surface area contributed by atoms with Crippen LogP contribution in [0.3, 0.4) is 0 Å².